The molecule has 0 saturated carbocycles. The van der Waals surface area contributed by atoms with Crippen LogP contribution in [0.3, 0.4) is 0 Å². The van der Waals surface area contributed by atoms with Crippen molar-refractivity contribution in [2.75, 3.05) is 20.8 Å². The van der Waals surface area contributed by atoms with E-state index in [1.165, 1.54) is 45.5 Å². The molecule has 0 aliphatic carbocycles. The van der Waals surface area contributed by atoms with Crippen LogP contribution in [0.2, 0.25) is 0 Å². The average Bonchev–Trinajstić information content (AvgIpc) is 2.72. The number of rotatable bonds is 9. The highest BCUT2D eigenvalue weighted by Crippen LogP contribution is 2.29. The Morgan fingerprint density at radius 1 is 1.13 bits per heavy atom. The van der Waals surface area contributed by atoms with Gasteiger partial charge in [-0.3, -0.25) is 14.4 Å². The number of ether oxygens (including phenoxy) is 4. The fourth-order valence-corrected chi connectivity index (χ4v) is 2.74. The maximum atomic E-state index is 13.3. The first kappa shape index (κ1) is 23.6. The van der Waals surface area contributed by atoms with Crippen LogP contribution in [-0.2, 0) is 20.7 Å². The summed E-state index contributed by atoms with van der Waals surface area (Å²) in [4.78, 5) is 39.8. The fraction of sp³-hybridized carbons (Fsp3) is 0.333. The summed E-state index contributed by atoms with van der Waals surface area (Å²) in [7, 11) is 2.76. The Labute approximate surface area is 178 Å². The molecule has 1 heterocycles. The van der Waals surface area contributed by atoms with Crippen LogP contribution < -0.4 is 19.5 Å². The number of aromatic nitrogens is 1. The number of nitrogens with one attached hydrogen (secondary N) is 1. The van der Waals surface area contributed by atoms with Gasteiger partial charge >= 0.3 is 11.9 Å². The molecule has 1 aromatic heterocycles. The molecule has 1 amide bonds. The molecule has 2 rings (SSSR count). The van der Waals surface area contributed by atoms with Crippen LogP contribution in [0.1, 0.15) is 29.9 Å². The van der Waals surface area contributed by atoms with E-state index in [-0.39, 0.29) is 23.6 Å². The minimum atomic E-state index is -0.750. The van der Waals surface area contributed by atoms with Gasteiger partial charge in [-0.05, 0) is 18.6 Å². The molecule has 0 radical (unpaired) electrons. The number of halogens is 1. The number of hydrogen-bond donors (Lipinski definition) is 1. The molecule has 1 unspecified atom stereocenters. The van der Waals surface area contributed by atoms with Gasteiger partial charge in [-0.2, -0.15) is 0 Å². The number of pyridine rings is 1. The molecule has 9 nitrogen and oxygen atoms in total. The number of methoxy groups -OCH3 is 2. The lowest BCUT2D eigenvalue weighted by atomic mass is 10.1. The van der Waals surface area contributed by atoms with E-state index < -0.39 is 36.3 Å². The summed E-state index contributed by atoms with van der Waals surface area (Å²) in [5.41, 5.74) is 0.450. The van der Waals surface area contributed by atoms with Crippen molar-refractivity contribution in [3.63, 3.8) is 0 Å². The van der Waals surface area contributed by atoms with E-state index in [0.717, 1.165) is 0 Å². The Kier molecular flexibility index (Phi) is 8.30. The quantitative estimate of drug-likeness (QED) is 0.597. The van der Waals surface area contributed by atoms with Crippen molar-refractivity contribution >= 4 is 17.8 Å². The normalized spacial score (nSPS) is 11.3. The fourth-order valence-electron chi connectivity index (χ4n) is 2.74. The zero-order valence-electron chi connectivity index (χ0n) is 17.6. The Morgan fingerprint density at radius 3 is 2.48 bits per heavy atom. The predicted octanol–water partition coefficient (Wildman–Crippen LogP) is 2.07. The molecule has 1 atom stereocenters. The third-order valence-corrected chi connectivity index (χ3v) is 4.03. The molecular weight excluding hydrogens is 411 g/mol. The van der Waals surface area contributed by atoms with Crippen LogP contribution >= 0.6 is 0 Å². The van der Waals surface area contributed by atoms with E-state index in [2.05, 4.69) is 10.3 Å². The van der Waals surface area contributed by atoms with Gasteiger partial charge in [0.25, 0.3) is 5.91 Å². The second-order valence-electron chi connectivity index (χ2n) is 6.43. The second-order valence-corrected chi connectivity index (χ2v) is 6.43. The van der Waals surface area contributed by atoms with E-state index in [1.807, 2.05) is 0 Å². The zero-order chi connectivity index (χ0) is 23.0. The van der Waals surface area contributed by atoms with Crippen LogP contribution in [0.4, 0.5) is 4.39 Å². The third kappa shape index (κ3) is 6.66. The van der Waals surface area contributed by atoms with Crippen molar-refractivity contribution in [1.82, 2.24) is 10.3 Å². The number of esters is 2. The summed E-state index contributed by atoms with van der Waals surface area (Å²) < 4.78 is 33.8. The van der Waals surface area contributed by atoms with Crippen molar-refractivity contribution in [1.29, 1.82) is 0 Å². The standard InChI is InChI=1S/C21H23FN2O7/c1-12(9-14-5-6-15(22)10-17(14)29-4)30-18(26)11-24-21(27)19-20(31-13(2)25)16(28-3)7-8-23-19/h5-8,10,12H,9,11H2,1-4H3,(H,24,27). The Bertz CT molecular complexity index is 965. The topological polar surface area (TPSA) is 113 Å². The molecule has 1 N–H and O–H groups in total. The van der Waals surface area contributed by atoms with Crippen LogP contribution in [0.5, 0.6) is 17.2 Å². The van der Waals surface area contributed by atoms with Crippen molar-refractivity contribution < 1.29 is 37.7 Å². The minimum absolute atomic E-state index is 0.139. The molecule has 2 aromatic rings. The minimum Gasteiger partial charge on any atom is -0.496 e. The third-order valence-electron chi connectivity index (χ3n) is 4.03. The first-order valence-corrected chi connectivity index (χ1v) is 9.26. The summed E-state index contributed by atoms with van der Waals surface area (Å²) in [6.07, 6.45) is 1.03. The van der Waals surface area contributed by atoms with Gasteiger partial charge in [-0.1, -0.05) is 6.07 Å². The van der Waals surface area contributed by atoms with Gasteiger partial charge in [0.2, 0.25) is 5.75 Å². The molecule has 0 aliphatic heterocycles. The lowest BCUT2D eigenvalue weighted by molar-refractivity contribution is -0.146. The Balaban J connectivity index is 1.97. The average molecular weight is 434 g/mol. The van der Waals surface area contributed by atoms with Gasteiger partial charge in [0, 0.05) is 31.7 Å². The lowest BCUT2D eigenvalue weighted by Gasteiger charge is -2.16. The van der Waals surface area contributed by atoms with Crippen molar-refractivity contribution in [3.8, 4) is 17.2 Å². The molecule has 0 spiro atoms. The first-order valence-electron chi connectivity index (χ1n) is 9.26. The summed E-state index contributed by atoms with van der Waals surface area (Å²) in [6.45, 7) is 2.38. The summed E-state index contributed by atoms with van der Waals surface area (Å²) in [5, 5.41) is 2.37. The largest absolute Gasteiger partial charge is 0.496 e. The lowest BCUT2D eigenvalue weighted by Crippen LogP contribution is -2.33. The molecule has 10 heteroatoms. The van der Waals surface area contributed by atoms with Gasteiger partial charge in [0.05, 0.1) is 14.2 Å². The molecular formula is C21H23FN2O7. The maximum absolute atomic E-state index is 13.3. The number of carbonyl (C=O) groups is 3. The predicted molar refractivity (Wildman–Crippen MR) is 107 cm³/mol. The van der Waals surface area contributed by atoms with Crippen molar-refractivity contribution in [2.45, 2.75) is 26.4 Å². The van der Waals surface area contributed by atoms with Gasteiger partial charge in [-0.25, -0.2) is 9.37 Å². The van der Waals surface area contributed by atoms with Crippen LogP contribution in [0.25, 0.3) is 0 Å². The molecule has 0 fully saturated rings. The SMILES string of the molecule is COc1cc(F)ccc1CC(C)OC(=O)CNC(=O)c1nccc(OC)c1OC(C)=O. The molecule has 1 aromatic carbocycles. The van der Waals surface area contributed by atoms with Crippen LogP contribution in [-0.4, -0.2) is 49.7 Å². The molecule has 0 saturated heterocycles. The van der Waals surface area contributed by atoms with Crippen molar-refractivity contribution in [3.05, 3.63) is 47.5 Å². The smallest absolute Gasteiger partial charge is 0.325 e. The summed E-state index contributed by atoms with van der Waals surface area (Å²) in [6, 6.07) is 5.50. The number of hydrogen-bond acceptors (Lipinski definition) is 8. The number of benzene rings is 1. The molecule has 0 aliphatic rings. The first-order chi connectivity index (χ1) is 14.7. The van der Waals surface area contributed by atoms with E-state index >= 15 is 0 Å². The summed E-state index contributed by atoms with van der Waals surface area (Å²) >= 11 is 0. The molecule has 31 heavy (non-hydrogen) atoms. The summed E-state index contributed by atoms with van der Waals surface area (Å²) in [5.74, 6) is -2.21. The monoisotopic (exact) mass is 434 g/mol. The van der Waals surface area contributed by atoms with E-state index in [4.69, 9.17) is 18.9 Å². The Morgan fingerprint density at radius 2 is 1.84 bits per heavy atom. The Hall–Kier alpha value is -3.69. The molecule has 166 valence electrons. The number of amides is 1. The highest BCUT2D eigenvalue weighted by molar-refractivity contribution is 5.98. The van der Waals surface area contributed by atoms with Crippen LogP contribution in [0.15, 0.2) is 30.5 Å². The highest BCUT2D eigenvalue weighted by Gasteiger charge is 2.22. The van der Waals surface area contributed by atoms with E-state index in [0.29, 0.717) is 11.3 Å². The number of carbonyl (C=O) groups excluding carboxylic acids is 3. The van der Waals surface area contributed by atoms with E-state index in [1.54, 1.807) is 13.0 Å². The van der Waals surface area contributed by atoms with E-state index in [9.17, 15) is 18.8 Å². The maximum Gasteiger partial charge on any atom is 0.325 e. The highest BCUT2D eigenvalue weighted by atomic mass is 19.1. The van der Waals surface area contributed by atoms with Crippen molar-refractivity contribution in [2.24, 2.45) is 0 Å². The van der Waals surface area contributed by atoms with Gasteiger partial charge < -0.3 is 24.3 Å². The zero-order valence-corrected chi connectivity index (χ0v) is 17.6. The number of nitrogens with zero attached hydrogens (tertiary/aromatic N) is 1. The van der Waals surface area contributed by atoms with Gasteiger partial charge in [-0.15, -0.1) is 0 Å². The molecule has 0 bridgehead atoms. The second kappa shape index (κ2) is 10.9. The van der Waals surface area contributed by atoms with Gasteiger partial charge in [0.1, 0.15) is 24.2 Å². The van der Waals surface area contributed by atoms with Crippen LogP contribution in [0, 0.1) is 5.82 Å². The van der Waals surface area contributed by atoms with Gasteiger partial charge in [0.15, 0.2) is 11.4 Å².